The minimum Gasteiger partial charge on any atom is -0.453 e. The molecule has 3 amide bonds. The van der Waals surface area contributed by atoms with Gasteiger partial charge in [-0.15, -0.1) is 0 Å². The van der Waals surface area contributed by atoms with Crippen molar-refractivity contribution in [2.75, 3.05) is 33.3 Å². The summed E-state index contributed by atoms with van der Waals surface area (Å²) in [4.78, 5) is 26.7. The summed E-state index contributed by atoms with van der Waals surface area (Å²) >= 11 is 6.04. The maximum absolute atomic E-state index is 12.1. The molecule has 1 aromatic carbocycles. The number of ether oxygens (including phenoxy) is 1. The van der Waals surface area contributed by atoms with Gasteiger partial charge in [0.25, 0.3) is 0 Å². The summed E-state index contributed by atoms with van der Waals surface area (Å²) < 4.78 is 4.66. The number of carbonyl (C=O) groups is 2. The molecule has 1 fully saturated rings. The Bertz CT molecular complexity index is 516. The molecule has 114 valence electrons. The van der Waals surface area contributed by atoms with E-state index in [2.05, 4.69) is 10.1 Å². The third kappa shape index (κ3) is 4.01. The molecule has 0 atom stereocenters. The molecule has 0 bridgehead atoms. The van der Waals surface area contributed by atoms with Crippen molar-refractivity contribution in [2.24, 2.45) is 0 Å². The third-order valence-electron chi connectivity index (χ3n) is 3.39. The number of hydrogen-bond acceptors (Lipinski definition) is 3. The standard InChI is InChI=1S/C14H18ClN3O3/c1-21-14(20)18-8-6-17(7-9-18)13(19)16-10-11-4-2-3-5-12(11)15/h2-5H,6-10H2,1H3,(H,16,19). The Balaban J connectivity index is 1.80. The van der Waals surface area contributed by atoms with E-state index < -0.39 is 0 Å². The first-order valence-electron chi connectivity index (χ1n) is 6.71. The smallest absolute Gasteiger partial charge is 0.409 e. The van der Waals surface area contributed by atoms with Gasteiger partial charge in [-0.25, -0.2) is 9.59 Å². The van der Waals surface area contributed by atoms with Gasteiger partial charge in [0.1, 0.15) is 0 Å². The Kier molecular flexibility index (Phi) is 5.27. The van der Waals surface area contributed by atoms with E-state index in [1.54, 1.807) is 15.9 Å². The van der Waals surface area contributed by atoms with Gasteiger partial charge >= 0.3 is 12.1 Å². The van der Waals surface area contributed by atoms with Crippen molar-refractivity contribution in [3.63, 3.8) is 0 Å². The summed E-state index contributed by atoms with van der Waals surface area (Å²) in [7, 11) is 1.35. The van der Waals surface area contributed by atoms with Crippen LogP contribution in [0.25, 0.3) is 0 Å². The van der Waals surface area contributed by atoms with Crippen molar-refractivity contribution in [2.45, 2.75) is 6.54 Å². The van der Waals surface area contributed by atoms with Crippen LogP contribution in [0, 0.1) is 0 Å². The van der Waals surface area contributed by atoms with Crippen LogP contribution in [0.5, 0.6) is 0 Å². The lowest BCUT2D eigenvalue weighted by atomic mass is 10.2. The molecule has 0 aromatic heterocycles. The van der Waals surface area contributed by atoms with Crippen LogP contribution in [0.4, 0.5) is 9.59 Å². The van der Waals surface area contributed by atoms with Gasteiger partial charge in [-0.05, 0) is 11.6 Å². The molecule has 1 aliphatic heterocycles. The van der Waals surface area contributed by atoms with Crippen LogP contribution in [0.3, 0.4) is 0 Å². The van der Waals surface area contributed by atoms with Crippen LogP contribution in [-0.4, -0.2) is 55.2 Å². The molecular weight excluding hydrogens is 294 g/mol. The number of benzene rings is 1. The fraction of sp³-hybridized carbons (Fsp3) is 0.429. The summed E-state index contributed by atoms with van der Waals surface area (Å²) in [5, 5.41) is 3.47. The summed E-state index contributed by atoms with van der Waals surface area (Å²) in [6.45, 7) is 2.32. The second-order valence-electron chi connectivity index (χ2n) is 4.69. The molecule has 0 aliphatic carbocycles. The molecule has 0 spiro atoms. The zero-order valence-corrected chi connectivity index (χ0v) is 12.6. The van der Waals surface area contributed by atoms with Crippen LogP contribution in [0.1, 0.15) is 5.56 Å². The molecule has 21 heavy (non-hydrogen) atoms. The molecule has 7 heteroatoms. The van der Waals surface area contributed by atoms with Crippen LogP contribution < -0.4 is 5.32 Å². The molecule has 0 saturated carbocycles. The number of halogens is 1. The minimum atomic E-state index is -0.355. The van der Waals surface area contributed by atoms with Crippen LogP contribution >= 0.6 is 11.6 Å². The summed E-state index contributed by atoms with van der Waals surface area (Å²) in [6, 6.07) is 7.23. The summed E-state index contributed by atoms with van der Waals surface area (Å²) in [5.41, 5.74) is 0.876. The lowest BCUT2D eigenvalue weighted by Crippen LogP contribution is -2.53. The Morgan fingerprint density at radius 2 is 1.81 bits per heavy atom. The maximum atomic E-state index is 12.1. The second-order valence-corrected chi connectivity index (χ2v) is 5.10. The normalized spacial score (nSPS) is 14.8. The van der Waals surface area contributed by atoms with Crippen molar-refractivity contribution >= 4 is 23.7 Å². The van der Waals surface area contributed by atoms with Gasteiger partial charge in [0.05, 0.1) is 7.11 Å². The highest BCUT2D eigenvalue weighted by molar-refractivity contribution is 6.31. The highest BCUT2D eigenvalue weighted by atomic mass is 35.5. The first-order chi connectivity index (χ1) is 10.1. The van der Waals surface area contributed by atoms with Crippen LogP contribution in [-0.2, 0) is 11.3 Å². The predicted octanol–water partition coefficient (Wildman–Crippen LogP) is 1.93. The highest BCUT2D eigenvalue weighted by Gasteiger charge is 2.24. The largest absolute Gasteiger partial charge is 0.453 e. The topological polar surface area (TPSA) is 61.9 Å². The highest BCUT2D eigenvalue weighted by Crippen LogP contribution is 2.14. The number of rotatable bonds is 2. The molecule has 1 aliphatic rings. The van der Waals surface area contributed by atoms with Gasteiger partial charge in [0.2, 0.25) is 0 Å². The number of nitrogens with one attached hydrogen (secondary N) is 1. The Labute approximate surface area is 128 Å². The van der Waals surface area contributed by atoms with Crippen LogP contribution in [0.2, 0.25) is 5.02 Å². The van der Waals surface area contributed by atoms with Gasteiger partial charge in [-0.2, -0.15) is 0 Å². The van der Waals surface area contributed by atoms with Crippen molar-refractivity contribution in [1.29, 1.82) is 0 Å². The molecule has 6 nitrogen and oxygen atoms in total. The first-order valence-corrected chi connectivity index (χ1v) is 7.08. The fourth-order valence-electron chi connectivity index (χ4n) is 2.15. The SMILES string of the molecule is COC(=O)N1CCN(C(=O)NCc2ccccc2Cl)CC1. The van der Waals surface area contributed by atoms with Gasteiger partial charge in [0.15, 0.2) is 0 Å². The molecule has 0 unspecified atom stereocenters. The van der Waals surface area contributed by atoms with E-state index in [1.165, 1.54) is 7.11 Å². The van der Waals surface area contributed by atoms with Crippen molar-refractivity contribution in [1.82, 2.24) is 15.1 Å². The Morgan fingerprint density at radius 3 is 2.43 bits per heavy atom. The fourth-order valence-corrected chi connectivity index (χ4v) is 2.35. The number of hydrogen-bond donors (Lipinski definition) is 1. The van der Waals surface area contributed by atoms with E-state index in [4.69, 9.17) is 11.6 Å². The van der Waals surface area contributed by atoms with E-state index >= 15 is 0 Å². The van der Waals surface area contributed by atoms with Crippen molar-refractivity contribution in [3.8, 4) is 0 Å². The number of carbonyl (C=O) groups excluding carboxylic acids is 2. The molecule has 1 N–H and O–H groups in total. The van der Waals surface area contributed by atoms with Crippen molar-refractivity contribution in [3.05, 3.63) is 34.9 Å². The van der Waals surface area contributed by atoms with E-state index in [0.29, 0.717) is 37.7 Å². The molecule has 2 rings (SSSR count). The minimum absolute atomic E-state index is 0.153. The molecule has 0 radical (unpaired) electrons. The van der Waals surface area contributed by atoms with E-state index in [-0.39, 0.29) is 12.1 Å². The maximum Gasteiger partial charge on any atom is 0.409 e. The van der Waals surface area contributed by atoms with Gasteiger partial charge in [-0.1, -0.05) is 29.8 Å². The van der Waals surface area contributed by atoms with E-state index in [0.717, 1.165) is 5.56 Å². The number of piperazine rings is 1. The van der Waals surface area contributed by atoms with Gasteiger partial charge < -0.3 is 19.9 Å². The van der Waals surface area contributed by atoms with E-state index in [9.17, 15) is 9.59 Å². The summed E-state index contributed by atoms with van der Waals surface area (Å²) in [6.07, 6.45) is -0.355. The Hall–Kier alpha value is -1.95. The Morgan fingerprint density at radius 1 is 1.19 bits per heavy atom. The lowest BCUT2D eigenvalue weighted by Gasteiger charge is -2.33. The number of nitrogens with zero attached hydrogens (tertiary/aromatic N) is 2. The molecule has 1 heterocycles. The van der Waals surface area contributed by atoms with E-state index in [1.807, 2.05) is 18.2 Å². The monoisotopic (exact) mass is 311 g/mol. The second kappa shape index (κ2) is 7.17. The lowest BCUT2D eigenvalue weighted by molar-refractivity contribution is 0.0970. The number of methoxy groups -OCH3 is 1. The van der Waals surface area contributed by atoms with Crippen LogP contribution in [0.15, 0.2) is 24.3 Å². The number of amides is 3. The third-order valence-corrected chi connectivity index (χ3v) is 3.76. The first kappa shape index (κ1) is 15.4. The predicted molar refractivity (Wildman–Crippen MR) is 79.2 cm³/mol. The summed E-state index contributed by atoms with van der Waals surface area (Å²) in [5.74, 6) is 0. The number of urea groups is 1. The van der Waals surface area contributed by atoms with Gasteiger partial charge in [0, 0.05) is 37.7 Å². The van der Waals surface area contributed by atoms with Crippen molar-refractivity contribution < 1.29 is 14.3 Å². The molecule has 1 aromatic rings. The quantitative estimate of drug-likeness (QED) is 0.908. The average Bonchev–Trinajstić information content (AvgIpc) is 2.53. The average molecular weight is 312 g/mol. The zero-order chi connectivity index (χ0) is 15.2. The van der Waals surface area contributed by atoms with Gasteiger partial charge in [-0.3, -0.25) is 0 Å². The zero-order valence-electron chi connectivity index (χ0n) is 11.8. The molecule has 1 saturated heterocycles. The molecular formula is C14H18ClN3O3.